The number of hydrogen-bond donors (Lipinski definition) is 1. The van der Waals surface area contributed by atoms with Crippen LogP contribution in [0.2, 0.25) is 0 Å². The summed E-state index contributed by atoms with van der Waals surface area (Å²) in [4.78, 5) is 12.4. The average molecular weight is 278 g/mol. The van der Waals surface area contributed by atoms with Crippen molar-refractivity contribution < 1.29 is 9.90 Å². The van der Waals surface area contributed by atoms with Crippen molar-refractivity contribution in [3.63, 3.8) is 0 Å². The second kappa shape index (κ2) is 4.45. The Morgan fingerprint density at radius 3 is 2.67 bits per heavy atom. The van der Waals surface area contributed by atoms with Crippen molar-refractivity contribution in [1.82, 2.24) is 0 Å². The molecule has 106 valence electrons. The summed E-state index contributed by atoms with van der Waals surface area (Å²) in [6, 6.07) is 15.2. The van der Waals surface area contributed by atoms with E-state index in [2.05, 4.69) is 0 Å². The molecule has 1 unspecified atom stereocenters. The van der Waals surface area contributed by atoms with Crippen LogP contribution in [-0.4, -0.2) is 10.9 Å². The highest BCUT2D eigenvalue weighted by Gasteiger charge is 2.65. The largest absolute Gasteiger partial charge is 0.508 e. The molecule has 2 saturated carbocycles. The number of benzene rings is 2. The molecule has 0 aliphatic heterocycles. The Balaban J connectivity index is 1.62. The summed E-state index contributed by atoms with van der Waals surface area (Å²) in [7, 11) is 0. The average Bonchev–Trinajstić information content (AvgIpc) is 3.40. The summed E-state index contributed by atoms with van der Waals surface area (Å²) in [6.45, 7) is 0. The molecule has 2 aliphatic carbocycles. The lowest BCUT2D eigenvalue weighted by atomic mass is 9.95. The van der Waals surface area contributed by atoms with E-state index in [4.69, 9.17) is 0 Å². The van der Waals surface area contributed by atoms with Crippen molar-refractivity contribution in [2.45, 2.75) is 25.7 Å². The van der Waals surface area contributed by atoms with Gasteiger partial charge in [-0.1, -0.05) is 36.4 Å². The van der Waals surface area contributed by atoms with E-state index >= 15 is 0 Å². The van der Waals surface area contributed by atoms with Gasteiger partial charge in [0.05, 0.1) is 0 Å². The Morgan fingerprint density at radius 2 is 1.95 bits per heavy atom. The van der Waals surface area contributed by atoms with E-state index in [0.29, 0.717) is 23.5 Å². The molecule has 2 aromatic carbocycles. The molecule has 4 rings (SSSR count). The number of carbonyl (C=O) groups is 1. The maximum atomic E-state index is 12.4. The predicted molar refractivity (Wildman–Crippen MR) is 82.0 cm³/mol. The van der Waals surface area contributed by atoms with Crippen LogP contribution in [0.5, 0.6) is 5.75 Å². The van der Waals surface area contributed by atoms with Crippen LogP contribution in [0.4, 0.5) is 0 Å². The van der Waals surface area contributed by atoms with Crippen LogP contribution >= 0.6 is 0 Å². The first-order valence-electron chi connectivity index (χ1n) is 7.58. The third-order valence-corrected chi connectivity index (χ3v) is 5.01. The summed E-state index contributed by atoms with van der Waals surface area (Å²) in [6.07, 6.45) is 4.12. The van der Waals surface area contributed by atoms with Gasteiger partial charge in [0.25, 0.3) is 0 Å². The molecule has 0 amide bonds. The van der Waals surface area contributed by atoms with Crippen molar-refractivity contribution in [2.75, 3.05) is 0 Å². The van der Waals surface area contributed by atoms with Crippen LogP contribution < -0.4 is 0 Å². The molecular weight excluding hydrogens is 260 g/mol. The van der Waals surface area contributed by atoms with Crippen molar-refractivity contribution in [2.24, 2.45) is 11.3 Å². The van der Waals surface area contributed by atoms with Crippen LogP contribution in [0, 0.1) is 11.3 Å². The number of phenols is 1. The molecule has 21 heavy (non-hydrogen) atoms. The predicted octanol–water partition coefficient (Wildman–Crippen LogP) is 3.97. The third-order valence-electron chi connectivity index (χ3n) is 5.01. The van der Waals surface area contributed by atoms with Gasteiger partial charge in [-0.15, -0.1) is 0 Å². The van der Waals surface area contributed by atoms with Gasteiger partial charge in [-0.25, -0.2) is 0 Å². The topological polar surface area (TPSA) is 37.3 Å². The van der Waals surface area contributed by atoms with Gasteiger partial charge in [0.15, 0.2) is 0 Å². The number of phenolic OH excluding ortho intramolecular Hbond substituents is 1. The van der Waals surface area contributed by atoms with Crippen molar-refractivity contribution >= 4 is 5.78 Å². The highest BCUT2D eigenvalue weighted by molar-refractivity contribution is 5.89. The number of carbonyl (C=O) groups excluding carboxylic acids is 1. The molecule has 0 saturated heterocycles. The van der Waals surface area contributed by atoms with Crippen molar-refractivity contribution in [1.29, 1.82) is 0 Å². The lowest BCUT2D eigenvalue weighted by Gasteiger charge is -2.09. The van der Waals surface area contributed by atoms with Crippen LogP contribution in [0.1, 0.15) is 24.8 Å². The smallest absolute Gasteiger partial charge is 0.140 e. The SMILES string of the molecule is O=C(Cc1ccccc1-c1cccc(O)c1)C1CC12CC2. The van der Waals surface area contributed by atoms with Crippen molar-refractivity contribution in [3.05, 3.63) is 54.1 Å². The second-order valence-electron chi connectivity index (χ2n) is 6.47. The number of hydrogen-bond acceptors (Lipinski definition) is 2. The maximum Gasteiger partial charge on any atom is 0.140 e. The Labute approximate surface area is 124 Å². The molecule has 0 heterocycles. The standard InChI is InChI=1S/C19H18O2/c20-15-6-3-5-13(10-15)16-7-2-1-4-14(16)11-18(21)17-12-19(17)8-9-19/h1-7,10,17,20H,8-9,11-12H2. The van der Waals surface area contributed by atoms with Gasteiger partial charge in [-0.05, 0) is 53.5 Å². The number of Topliss-reactive ketones (excluding diaryl/α,β-unsaturated/α-hetero) is 1. The molecule has 1 atom stereocenters. The van der Waals surface area contributed by atoms with Crippen LogP contribution in [0.15, 0.2) is 48.5 Å². The molecule has 2 aliphatic rings. The zero-order chi connectivity index (χ0) is 14.4. The van der Waals surface area contributed by atoms with E-state index in [9.17, 15) is 9.90 Å². The van der Waals surface area contributed by atoms with Crippen LogP contribution in [-0.2, 0) is 11.2 Å². The van der Waals surface area contributed by atoms with Gasteiger partial charge >= 0.3 is 0 Å². The molecule has 2 aromatic rings. The van der Waals surface area contributed by atoms with E-state index in [1.165, 1.54) is 12.8 Å². The summed E-state index contributed by atoms with van der Waals surface area (Å²) >= 11 is 0. The Kier molecular flexibility index (Phi) is 2.68. The molecule has 2 nitrogen and oxygen atoms in total. The number of aromatic hydroxyl groups is 1. The van der Waals surface area contributed by atoms with Gasteiger partial charge in [-0.3, -0.25) is 4.79 Å². The maximum absolute atomic E-state index is 12.4. The number of ketones is 1. The second-order valence-corrected chi connectivity index (χ2v) is 6.47. The number of rotatable bonds is 4. The fourth-order valence-corrected chi connectivity index (χ4v) is 3.46. The minimum absolute atomic E-state index is 0.257. The molecule has 2 fully saturated rings. The van der Waals surface area contributed by atoms with Gasteiger partial charge in [-0.2, -0.15) is 0 Å². The Bertz CT molecular complexity index is 713. The minimum Gasteiger partial charge on any atom is -0.508 e. The summed E-state index contributed by atoms with van der Waals surface area (Å²) in [5, 5.41) is 9.66. The summed E-state index contributed by atoms with van der Waals surface area (Å²) < 4.78 is 0. The summed E-state index contributed by atoms with van der Waals surface area (Å²) in [5.74, 6) is 0.961. The van der Waals surface area contributed by atoms with Crippen LogP contribution in [0.3, 0.4) is 0 Å². The molecule has 0 radical (unpaired) electrons. The molecule has 0 aromatic heterocycles. The van der Waals surface area contributed by atoms with Gasteiger partial charge in [0.1, 0.15) is 11.5 Å². The zero-order valence-electron chi connectivity index (χ0n) is 11.9. The summed E-state index contributed by atoms with van der Waals surface area (Å²) in [5.41, 5.74) is 3.51. The van der Waals surface area contributed by atoms with E-state index in [1.807, 2.05) is 36.4 Å². The first-order chi connectivity index (χ1) is 10.2. The first-order valence-corrected chi connectivity index (χ1v) is 7.58. The van der Waals surface area contributed by atoms with Gasteiger partial charge < -0.3 is 5.11 Å². The Hall–Kier alpha value is -2.09. The van der Waals surface area contributed by atoms with E-state index < -0.39 is 0 Å². The van der Waals surface area contributed by atoms with Crippen molar-refractivity contribution in [3.8, 4) is 16.9 Å². The fourth-order valence-electron chi connectivity index (χ4n) is 3.46. The van der Waals surface area contributed by atoms with Gasteiger partial charge in [0, 0.05) is 12.3 Å². The monoisotopic (exact) mass is 278 g/mol. The highest BCUT2D eigenvalue weighted by Crippen LogP contribution is 2.70. The lowest BCUT2D eigenvalue weighted by Crippen LogP contribution is -2.07. The molecule has 0 bridgehead atoms. The lowest BCUT2D eigenvalue weighted by molar-refractivity contribution is -0.120. The molecule has 1 spiro atoms. The third kappa shape index (κ3) is 2.25. The van der Waals surface area contributed by atoms with E-state index in [0.717, 1.165) is 23.1 Å². The normalized spacial score (nSPS) is 21.2. The Morgan fingerprint density at radius 1 is 1.14 bits per heavy atom. The first kappa shape index (κ1) is 12.6. The minimum atomic E-state index is 0.257. The van der Waals surface area contributed by atoms with Crippen LogP contribution in [0.25, 0.3) is 11.1 Å². The van der Waals surface area contributed by atoms with Gasteiger partial charge in [0.2, 0.25) is 0 Å². The van der Waals surface area contributed by atoms with E-state index in [-0.39, 0.29) is 5.75 Å². The molecule has 1 N–H and O–H groups in total. The quantitative estimate of drug-likeness (QED) is 0.918. The molecule has 2 heteroatoms. The highest BCUT2D eigenvalue weighted by atomic mass is 16.3. The molecular formula is C19H18O2. The van der Waals surface area contributed by atoms with E-state index in [1.54, 1.807) is 12.1 Å². The zero-order valence-corrected chi connectivity index (χ0v) is 11.9. The fraction of sp³-hybridized carbons (Fsp3) is 0.316.